The normalized spacial score (nSPS) is 11.3. The fraction of sp³-hybridized carbons (Fsp3) is 0.538. The lowest BCUT2D eigenvalue weighted by Gasteiger charge is -2.06. The van der Waals surface area contributed by atoms with Crippen molar-refractivity contribution < 1.29 is 9.47 Å². The molecule has 2 aromatic rings. The molecule has 0 saturated carbocycles. The molecule has 0 unspecified atom stereocenters. The van der Waals surface area contributed by atoms with E-state index in [1.54, 1.807) is 6.20 Å². The summed E-state index contributed by atoms with van der Waals surface area (Å²) >= 11 is 0. The molecule has 7 N–H and O–H groups in total. The smallest absolute Gasteiger partial charge is 0.262 e. The number of nitrogens with one attached hydrogen (secondary N) is 3. The fourth-order valence-corrected chi connectivity index (χ4v) is 2.03. The van der Waals surface area contributed by atoms with E-state index < -0.39 is 0 Å². The van der Waals surface area contributed by atoms with Crippen molar-refractivity contribution in [2.45, 2.75) is 6.54 Å². The highest BCUT2D eigenvalue weighted by Crippen LogP contribution is 2.11. The van der Waals surface area contributed by atoms with Gasteiger partial charge in [-0.05, 0) is 5.56 Å². The summed E-state index contributed by atoms with van der Waals surface area (Å²) in [5.41, 5.74) is 11.9. The number of rotatable bonds is 10. The van der Waals surface area contributed by atoms with E-state index in [2.05, 4.69) is 20.3 Å². The third kappa shape index (κ3) is 4.53. The van der Waals surface area contributed by atoms with Crippen molar-refractivity contribution in [2.75, 3.05) is 45.3 Å². The molecule has 9 nitrogen and oxygen atoms in total. The van der Waals surface area contributed by atoms with Crippen LogP contribution >= 0.6 is 0 Å². The molecule has 0 aliphatic rings. The Morgan fingerprint density at radius 3 is 2.77 bits per heavy atom. The van der Waals surface area contributed by atoms with Gasteiger partial charge in [-0.3, -0.25) is 9.78 Å². The van der Waals surface area contributed by atoms with Crippen LogP contribution in [0.3, 0.4) is 0 Å². The molecule has 122 valence electrons. The molecule has 0 aliphatic carbocycles. The van der Waals surface area contributed by atoms with E-state index in [4.69, 9.17) is 20.9 Å². The van der Waals surface area contributed by atoms with Gasteiger partial charge in [0.1, 0.15) is 5.65 Å². The molecular formula is C13H22N6O3. The topological polar surface area (TPSA) is 144 Å². The first kappa shape index (κ1) is 16.4. The maximum Gasteiger partial charge on any atom is 0.262 e. The molecule has 0 spiro atoms. The van der Waals surface area contributed by atoms with Gasteiger partial charge in [-0.25, -0.2) is 0 Å². The highest BCUT2D eigenvalue weighted by molar-refractivity contribution is 5.79. The molecule has 2 rings (SSSR count). The zero-order chi connectivity index (χ0) is 15.8. The lowest BCUT2D eigenvalue weighted by atomic mass is 10.2. The number of aromatic nitrogens is 3. The molecule has 2 aromatic heterocycles. The minimum absolute atomic E-state index is 0.101. The molecule has 2 heterocycles. The Morgan fingerprint density at radius 1 is 1.23 bits per heavy atom. The van der Waals surface area contributed by atoms with Gasteiger partial charge in [0.2, 0.25) is 5.95 Å². The highest BCUT2D eigenvalue weighted by atomic mass is 16.5. The first-order valence-corrected chi connectivity index (χ1v) is 7.14. The molecule has 0 aliphatic heterocycles. The summed E-state index contributed by atoms with van der Waals surface area (Å²) in [6.45, 7) is 3.93. The van der Waals surface area contributed by atoms with E-state index in [-0.39, 0.29) is 11.5 Å². The number of fused-ring (bicyclic) bond motifs is 1. The Morgan fingerprint density at radius 2 is 2.00 bits per heavy atom. The summed E-state index contributed by atoms with van der Waals surface area (Å²) in [6.07, 6.45) is 1.75. The zero-order valence-corrected chi connectivity index (χ0v) is 12.4. The van der Waals surface area contributed by atoms with Crippen LogP contribution in [0.5, 0.6) is 0 Å². The van der Waals surface area contributed by atoms with E-state index in [0.717, 1.165) is 5.56 Å². The van der Waals surface area contributed by atoms with E-state index in [9.17, 15) is 4.79 Å². The highest BCUT2D eigenvalue weighted by Gasteiger charge is 2.09. The Balaban J connectivity index is 1.71. The third-order valence-electron chi connectivity index (χ3n) is 3.01. The number of nitrogens with two attached hydrogens (primary N) is 2. The van der Waals surface area contributed by atoms with Crippen molar-refractivity contribution in [1.82, 2.24) is 20.3 Å². The van der Waals surface area contributed by atoms with Crippen molar-refractivity contribution in [3.8, 4) is 0 Å². The summed E-state index contributed by atoms with van der Waals surface area (Å²) in [5.74, 6) is 0.101. The van der Waals surface area contributed by atoms with Crippen molar-refractivity contribution in [3.05, 3.63) is 22.1 Å². The van der Waals surface area contributed by atoms with E-state index >= 15 is 0 Å². The standard InChI is InChI=1S/C13H22N6O3/c14-1-3-21-5-6-22-4-2-16-7-9-8-17-11-10(9)12(20)19-13(15)18-11/h8,16H,1-7,14H2,(H4,15,17,18,19,20). The van der Waals surface area contributed by atoms with Crippen LogP contribution in [0.4, 0.5) is 5.95 Å². The average Bonchev–Trinajstić information content (AvgIpc) is 2.88. The molecule has 0 radical (unpaired) electrons. The minimum atomic E-state index is -0.242. The monoisotopic (exact) mass is 310 g/mol. The summed E-state index contributed by atoms with van der Waals surface area (Å²) in [5, 5.41) is 3.73. The quantitative estimate of drug-likeness (QED) is 0.351. The Kier molecular flexibility index (Phi) is 6.34. The predicted octanol–water partition coefficient (Wildman–Crippen LogP) is -1.09. The Labute approximate surface area is 127 Å². The van der Waals surface area contributed by atoms with Gasteiger partial charge in [-0.1, -0.05) is 0 Å². The second-order valence-electron chi connectivity index (χ2n) is 4.68. The second kappa shape index (κ2) is 8.49. The lowest BCUT2D eigenvalue weighted by Crippen LogP contribution is -2.21. The number of hydrogen-bond donors (Lipinski definition) is 5. The minimum Gasteiger partial charge on any atom is -0.378 e. The van der Waals surface area contributed by atoms with Crippen molar-refractivity contribution in [2.24, 2.45) is 5.73 Å². The molecule has 0 bridgehead atoms. The van der Waals surface area contributed by atoms with Gasteiger partial charge in [-0.15, -0.1) is 0 Å². The zero-order valence-electron chi connectivity index (χ0n) is 12.4. The number of H-pyrrole nitrogens is 2. The number of nitrogen functional groups attached to an aromatic ring is 1. The molecule has 0 saturated heterocycles. The van der Waals surface area contributed by atoms with Gasteiger partial charge in [0.05, 0.1) is 31.8 Å². The van der Waals surface area contributed by atoms with E-state index in [0.29, 0.717) is 57.1 Å². The summed E-state index contributed by atoms with van der Waals surface area (Å²) in [6, 6.07) is 0. The number of hydrogen-bond acceptors (Lipinski definition) is 7. The van der Waals surface area contributed by atoms with Gasteiger partial charge in [0.25, 0.3) is 5.56 Å². The summed E-state index contributed by atoms with van der Waals surface area (Å²) in [4.78, 5) is 21.3. The SMILES string of the molecule is NCCOCCOCCNCc1c[nH]c2nc(N)[nH]c(=O)c12. The average molecular weight is 310 g/mol. The van der Waals surface area contributed by atoms with Crippen LogP contribution in [-0.4, -0.2) is 54.5 Å². The molecule has 0 atom stereocenters. The third-order valence-corrected chi connectivity index (χ3v) is 3.01. The van der Waals surface area contributed by atoms with Crippen LogP contribution in [0.2, 0.25) is 0 Å². The Bertz CT molecular complexity index is 638. The van der Waals surface area contributed by atoms with Crippen LogP contribution in [0.15, 0.2) is 11.0 Å². The largest absolute Gasteiger partial charge is 0.378 e. The van der Waals surface area contributed by atoms with Crippen molar-refractivity contribution in [1.29, 1.82) is 0 Å². The van der Waals surface area contributed by atoms with Crippen molar-refractivity contribution in [3.63, 3.8) is 0 Å². The number of aromatic amines is 2. The molecule has 22 heavy (non-hydrogen) atoms. The van der Waals surface area contributed by atoms with Gasteiger partial charge in [0, 0.05) is 25.8 Å². The van der Waals surface area contributed by atoms with Gasteiger partial charge in [0.15, 0.2) is 0 Å². The molecular weight excluding hydrogens is 288 g/mol. The second-order valence-corrected chi connectivity index (χ2v) is 4.68. The van der Waals surface area contributed by atoms with E-state index in [1.807, 2.05) is 0 Å². The number of ether oxygens (including phenoxy) is 2. The van der Waals surface area contributed by atoms with Crippen LogP contribution in [0.1, 0.15) is 5.56 Å². The van der Waals surface area contributed by atoms with E-state index in [1.165, 1.54) is 0 Å². The number of anilines is 1. The van der Waals surface area contributed by atoms with Crippen LogP contribution in [-0.2, 0) is 16.0 Å². The predicted molar refractivity (Wildman–Crippen MR) is 83.5 cm³/mol. The molecule has 9 heteroatoms. The van der Waals surface area contributed by atoms with Gasteiger partial charge < -0.3 is 31.2 Å². The van der Waals surface area contributed by atoms with Crippen LogP contribution in [0.25, 0.3) is 11.0 Å². The first-order chi connectivity index (χ1) is 10.7. The van der Waals surface area contributed by atoms with Gasteiger partial charge in [-0.2, -0.15) is 4.98 Å². The molecule has 0 fully saturated rings. The summed E-state index contributed by atoms with van der Waals surface area (Å²) < 4.78 is 10.6. The first-order valence-electron chi connectivity index (χ1n) is 7.14. The summed E-state index contributed by atoms with van der Waals surface area (Å²) in [7, 11) is 0. The van der Waals surface area contributed by atoms with Crippen LogP contribution < -0.4 is 22.3 Å². The fourth-order valence-electron chi connectivity index (χ4n) is 2.03. The maximum absolute atomic E-state index is 11.9. The molecule has 0 aromatic carbocycles. The number of nitrogens with zero attached hydrogens (tertiary/aromatic N) is 1. The van der Waals surface area contributed by atoms with Gasteiger partial charge >= 0.3 is 0 Å². The lowest BCUT2D eigenvalue weighted by molar-refractivity contribution is 0.0518. The maximum atomic E-state index is 11.9. The Hall–Kier alpha value is -1.94. The van der Waals surface area contributed by atoms with Crippen molar-refractivity contribution >= 4 is 17.0 Å². The van der Waals surface area contributed by atoms with Crippen LogP contribution in [0, 0.1) is 0 Å². The molecule has 0 amide bonds.